The highest BCUT2D eigenvalue weighted by Crippen LogP contribution is 2.43. The maximum atomic E-state index is 10.8. The lowest BCUT2D eigenvalue weighted by Crippen LogP contribution is -2.47. The zero-order valence-electron chi connectivity index (χ0n) is 9.00. The molecule has 0 aromatic heterocycles. The van der Waals surface area contributed by atoms with E-state index < -0.39 is 0 Å². The Morgan fingerprint density at radius 3 is 2.93 bits per heavy atom. The summed E-state index contributed by atoms with van der Waals surface area (Å²) in [4.78, 5) is 10.8. The van der Waals surface area contributed by atoms with E-state index in [9.17, 15) is 4.79 Å². The number of rotatable bonds is 1. The molecule has 1 saturated heterocycles. The first kappa shape index (κ1) is 10.2. The van der Waals surface area contributed by atoms with Gasteiger partial charge in [-0.2, -0.15) is 0 Å². The minimum atomic E-state index is 0.0576. The Bertz CT molecular complexity index is 210. The van der Waals surface area contributed by atoms with Crippen molar-refractivity contribution in [3.05, 3.63) is 0 Å². The second-order valence-corrected chi connectivity index (χ2v) is 4.95. The van der Waals surface area contributed by atoms with Gasteiger partial charge in [0.2, 0.25) is 0 Å². The summed E-state index contributed by atoms with van der Waals surface area (Å²) >= 11 is 0. The molecule has 0 aromatic rings. The number of aldehydes is 1. The standard InChI is InChI=1S/C12H20O2/c1-10-4-2-3-6-12(10)8-11(9-13)5-7-14-12/h9-11H,2-8H2,1H3. The summed E-state index contributed by atoms with van der Waals surface area (Å²) in [5.74, 6) is 0.892. The van der Waals surface area contributed by atoms with E-state index >= 15 is 0 Å². The van der Waals surface area contributed by atoms with Crippen molar-refractivity contribution in [2.24, 2.45) is 11.8 Å². The van der Waals surface area contributed by atoms with Crippen LogP contribution in [0.4, 0.5) is 0 Å². The smallest absolute Gasteiger partial charge is 0.123 e. The molecular formula is C12H20O2. The SMILES string of the molecule is CC1CCCCC12CC(C=O)CCO2. The first-order valence-electron chi connectivity index (χ1n) is 5.86. The fraction of sp³-hybridized carbons (Fsp3) is 0.917. The molecule has 2 aliphatic rings. The zero-order valence-corrected chi connectivity index (χ0v) is 9.00. The van der Waals surface area contributed by atoms with E-state index in [1.54, 1.807) is 0 Å². The van der Waals surface area contributed by atoms with Gasteiger partial charge in [-0.15, -0.1) is 0 Å². The van der Waals surface area contributed by atoms with Gasteiger partial charge in [-0.1, -0.05) is 19.8 Å². The van der Waals surface area contributed by atoms with E-state index in [0.717, 1.165) is 25.7 Å². The number of carbonyl (C=O) groups is 1. The molecule has 1 heterocycles. The molecule has 1 aliphatic carbocycles. The van der Waals surface area contributed by atoms with Gasteiger partial charge in [-0.05, 0) is 31.6 Å². The molecule has 0 aromatic carbocycles. The van der Waals surface area contributed by atoms with Crippen LogP contribution < -0.4 is 0 Å². The molecule has 0 N–H and O–H groups in total. The largest absolute Gasteiger partial charge is 0.375 e. The third-order valence-electron chi connectivity index (χ3n) is 4.06. The molecular weight excluding hydrogens is 176 g/mol. The Balaban J connectivity index is 2.08. The molecule has 0 bridgehead atoms. The predicted molar refractivity (Wildman–Crippen MR) is 55.1 cm³/mol. The topological polar surface area (TPSA) is 26.3 Å². The van der Waals surface area contributed by atoms with Crippen molar-refractivity contribution in [2.75, 3.05) is 6.61 Å². The van der Waals surface area contributed by atoms with Crippen LogP contribution in [0.3, 0.4) is 0 Å². The summed E-state index contributed by atoms with van der Waals surface area (Å²) < 4.78 is 5.99. The van der Waals surface area contributed by atoms with Crippen molar-refractivity contribution in [3.63, 3.8) is 0 Å². The molecule has 14 heavy (non-hydrogen) atoms. The molecule has 0 amide bonds. The van der Waals surface area contributed by atoms with Crippen LogP contribution in [-0.2, 0) is 9.53 Å². The molecule has 3 unspecified atom stereocenters. The van der Waals surface area contributed by atoms with Crippen molar-refractivity contribution < 1.29 is 9.53 Å². The summed E-state index contributed by atoms with van der Waals surface area (Å²) in [7, 11) is 0. The molecule has 2 fully saturated rings. The minimum absolute atomic E-state index is 0.0576. The van der Waals surface area contributed by atoms with Gasteiger partial charge in [0.15, 0.2) is 0 Å². The molecule has 1 saturated carbocycles. The van der Waals surface area contributed by atoms with Crippen molar-refractivity contribution >= 4 is 6.29 Å². The Hall–Kier alpha value is -0.370. The number of hydrogen-bond donors (Lipinski definition) is 0. The van der Waals surface area contributed by atoms with Crippen LogP contribution in [0, 0.1) is 11.8 Å². The van der Waals surface area contributed by atoms with Crippen LogP contribution in [0.25, 0.3) is 0 Å². The highest BCUT2D eigenvalue weighted by atomic mass is 16.5. The van der Waals surface area contributed by atoms with E-state index in [-0.39, 0.29) is 11.5 Å². The highest BCUT2D eigenvalue weighted by Gasteiger charge is 2.43. The van der Waals surface area contributed by atoms with Crippen LogP contribution in [-0.4, -0.2) is 18.5 Å². The van der Waals surface area contributed by atoms with Gasteiger partial charge >= 0.3 is 0 Å². The Morgan fingerprint density at radius 2 is 2.21 bits per heavy atom. The zero-order chi connectivity index (χ0) is 10.0. The van der Waals surface area contributed by atoms with Crippen LogP contribution in [0.15, 0.2) is 0 Å². The number of ether oxygens (including phenoxy) is 1. The second-order valence-electron chi connectivity index (χ2n) is 4.95. The Kier molecular flexibility index (Phi) is 2.91. The lowest BCUT2D eigenvalue weighted by Gasteiger charge is -2.46. The molecule has 0 radical (unpaired) electrons. The van der Waals surface area contributed by atoms with Crippen molar-refractivity contribution in [1.29, 1.82) is 0 Å². The lowest BCUT2D eigenvalue weighted by molar-refractivity contribution is -0.151. The summed E-state index contributed by atoms with van der Waals surface area (Å²) in [6.45, 7) is 3.07. The van der Waals surface area contributed by atoms with Crippen LogP contribution in [0.2, 0.25) is 0 Å². The molecule has 2 rings (SSSR count). The maximum absolute atomic E-state index is 10.8. The van der Waals surface area contributed by atoms with Crippen molar-refractivity contribution in [1.82, 2.24) is 0 Å². The summed E-state index contributed by atoms with van der Waals surface area (Å²) in [6, 6.07) is 0. The second kappa shape index (κ2) is 4.01. The number of carbonyl (C=O) groups excluding carboxylic acids is 1. The Morgan fingerprint density at radius 1 is 1.36 bits per heavy atom. The van der Waals surface area contributed by atoms with Crippen LogP contribution >= 0.6 is 0 Å². The highest BCUT2D eigenvalue weighted by molar-refractivity contribution is 5.53. The van der Waals surface area contributed by atoms with Crippen molar-refractivity contribution in [3.8, 4) is 0 Å². The quantitative estimate of drug-likeness (QED) is 0.602. The van der Waals surface area contributed by atoms with Gasteiger partial charge < -0.3 is 9.53 Å². The molecule has 80 valence electrons. The van der Waals surface area contributed by atoms with Gasteiger partial charge in [-0.3, -0.25) is 0 Å². The first-order valence-corrected chi connectivity index (χ1v) is 5.86. The fourth-order valence-corrected chi connectivity index (χ4v) is 3.04. The van der Waals surface area contributed by atoms with Gasteiger partial charge in [0.25, 0.3) is 0 Å². The van der Waals surface area contributed by atoms with Crippen LogP contribution in [0.1, 0.15) is 45.4 Å². The van der Waals surface area contributed by atoms with E-state index in [2.05, 4.69) is 6.92 Å². The van der Waals surface area contributed by atoms with E-state index in [0.29, 0.717) is 5.92 Å². The van der Waals surface area contributed by atoms with Gasteiger partial charge in [0, 0.05) is 12.5 Å². The van der Waals surface area contributed by atoms with Crippen LogP contribution in [0.5, 0.6) is 0 Å². The number of hydrogen-bond acceptors (Lipinski definition) is 2. The third-order valence-corrected chi connectivity index (χ3v) is 4.06. The summed E-state index contributed by atoms with van der Waals surface area (Å²) in [5, 5.41) is 0. The fourth-order valence-electron chi connectivity index (χ4n) is 3.04. The van der Waals surface area contributed by atoms with E-state index in [4.69, 9.17) is 4.74 Å². The van der Waals surface area contributed by atoms with Gasteiger partial charge in [0.1, 0.15) is 6.29 Å². The van der Waals surface area contributed by atoms with Gasteiger partial charge in [0.05, 0.1) is 5.60 Å². The molecule has 3 atom stereocenters. The van der Waals surface area contributed by atoms with Crippen molar-refractivity contribution in [2.45, 2.75) is 51.0 Å². The third kappa shape index (κ3) is 1.72. The lowest BCUT2D eigenvalue weighted by atomic mass is 9.70. The van der Waals surface area contributed by atoms with Gasteiger partial charge in [-0.25, -0.2) is 0 Å². The maximum Gasteiger partial charge on any atom is 0.123 e. The normalized spacial score (nSPS) is 43.8. The predicted octanol–water partition coefficient (Wildman–Crippen LogP) is 2.56. The summed E-state index contributed by atoms with van der Waals surface area (Å²) in [5.41, 5.74) is 0.0576. The average molecular weight is 196 g/mol. The molecule has 1 aliphatic heterocycles. The average Bonchev–Trinajstić information content (AvgIpc) is 2.23. The van der Waals surface area contributed by atoms with E-state index in [1.165, 1.54) is 25.7 Å². The molecule has 2 nitrogen and oxygen atoms in total. The summed E-state index contributed by atoms with van der Waals surface area (Å²) in [6.07, 6.45) is 8.07. The molecule has 1 spiro atoms. The first-order chi connectivity index (χ1) is 6.77. The minimum Gasteiger partial charge on any atom is -0.375 e. The molecule has 2 heteroatoms. The van der Waals surface area contributed by atoms with E-state index in [1.807, 2.05) is 0 Å². The monoisotopic (exact) mass is 196 g/mol. The Labute approximate surface area is 86.0 Å².